The molecule has 114 valence electrons. The van der Waals surface area contributed by atoms with Crippen molar-refractivity contribution < 1.29 is 19.6 Å². The summed E-state index contributed by atoms with van der Waals surface area (Å²) in [6.45, 7) is 4.00. The quantitative estimate of drug-likeness (QED) is 0.371. The van der Waals surface area contributed by atoms with Gasteiger partial charge in [0.2, 0.25) is 0 Å². The predicted octanol–water partition coefficient (Wildman–Crippen LogP) is 0.936. The van der Waals surface area contributed by atoms with Crippen LogP contribution in [0.2, 0.25) is 6.32 Å². The number of rotatable bonds is 3. The van der Waals surface area contributed by atoms with E-state index in [0.29, 0.717) is 12.7 Å². The second-order valence-corrected chi connectivity index (χ2v) is 4.11. The summed E-state index contributed by atoms with van der Waals surface area (Å²) >= 11 is 0. The monoisotopic (exact) mass is 293 g/mol. The van der Waals surface area contributed by atoms with Crippen molar-refractivity contribution in [2.75, 3.05) is 5.01 Å². The zero-order valence-electron chi connectivity index (χ0n) is 12.1. The van der Waals surface area contributed by atoms with Gasteiger partial charge in [-0.05, 0) is 24.4 Å². The number of nitrogens with zero attached hydrogens (tertiary/aromatic N) is 1. The lowest BCUT2D eigenvalue weighted by molar-refractivity contribution is 0.0695. The molecule has 0 unspecified atom stereocenters. The Morgan fingerprint density at radius 2 is 2.14 bits per heavy atom. The maximum Gasteiger partial charge on any atom is 0.522 e. The van der Waals surface area contributed by atoms with Gasteiger partial charge in [0, 0.05) is 12.4 Å². The van der Waals surface area contributed by atoms with Gasteiger partial charge in [0.15, 0.2) is 0 Å². The molecule has 0 bridgehead atoms. The van der Waals surface area contributed by atoms with Gasteiger partial charge in [-0.15, -0.1) is 0 Å². The Morgan fingerprint density at radius 1 is 1.48 bits per heavy atom. The Balaban J connectivity index is 0.00000106. The first-order chi connectivity index (χ1) is 10.0. The average Bonchev–Trinajstić information content (AvgIpc) is 2.47. The molecule has 0 saturated heterocycles. The lowest BCUT2D eigenvalue weighted by atomic mass is 9.78. The van der Waals surface area contributed by atoms with Crippen molar-refractivity contribution in [3.8, 4) is 5.75 Å². The molecule has 0 saturated carbocycles. The van der Waals surface area contributed by atoms with E-state index < -0.39 is 13.1 Å². The summed E-state index contributed by atoms with van der Waals surface area (Å²) in [5.74, 6) is 4.68. The number of aryl methyl sites for hydroxylation is 1. The Bertz CT molecular complexity index is 536. The topological polar surface area (TPSA) is 122 Å². The normalized spacial score (nSPS) is 13.0. The Morgan fingerprint density at radius 3 is 2.71 bits per heavy atom. The highest BCUT2D eigenvalue weighted by Crippen LogP contribution is 2.36. The van der Waals surface area contributed by atoms with Crippen LogP contribution in [0.3, 0.4) is 0 Å². The van der Waals surface area contributed by atoms with Crippen molar-refractivity contribution in [3.63, 3.8) is 0 Å². The number of hydrazine groups is 1. The molecule has 1 heterocycles. The summed E-state index contributed by atoms with van der Waals surface area (Å²) in [5.41, 5.74) is 6.12. The fraction of sp³-hybridized carbons (Fsp3) is 0.308. The maximum absolute atomic E-state index is 11.4. The highest BCUT2D eigenvalue weighted by Gasteiger charge is 2.30. The summed E-state index contributed by atoms with van der Waals surface area (Å²) < 4.78 is 5.23. The molecule has 1 aromatic carbocycles. The summed E-state index contributed by atoms with van der Waals surface area (Å²) in [7, 11) is -1.00. The largest absolute Gasteiger partial charge is 0.535 e. The SMILES string of the molecule is CC.N/C=C\N(N)c1ccc2c(c1C(=O)O)OB(O)CC2. The van der Waals surface area contributed by atoms with Crippen LogP contribution in [0.5, 0.6) is 5.75 Å². The molecule has 0 aromatic heterocycles. The van der Waals surface area contributed by atoms with Gasteiger partial charge in [-0.3, -0.25) is 5.01 Å². The molecule has 0 radical (unpaired) electrons. The highest BCUT2D eigenvalue weighted by atomic mass is 16.5. The Labute approximate surface area is 123 Å². The van der Waals surface area contributed by atoms with Crippen LogP contribution in [0.4, 0.5) is 5.69 Å². The lowest BCUT2D eigenvalue weighted by Gasteiger charge is -2.25. The molecule has 1 aromatic rings. The van der Waals surface area contributed by atoms with Gasteiger partial charge >= 0.3 is 13.1 Å². The Kier molecular flexibility index (Phi) is 6.07. The van der Waals surface area contributed by atoms with Gasteiger partial charge in [0.05, 0.1) is 5.69 Å². The molecular weight excluding hydrogens is 273 g/mol. The number of fused-ring (bicyclic) bond motifs is 1. The average molecular weight is 293 g/mol. The summed E-state index contributed by atoms with van der Waals surface area (Å²) in [4.78, 5) is 11.4. The molecule has 8 heteroatoms. The van der Waals surface area contributed by atoms with Crippen LogP contribution in [-0.4, -0.2) is 23.2 Å². The summed E-state index contributed by atoms with van der Waals surface area (Å²) in [6, 6.07) is 3.32. The molecule has 21 heavy (non-hydrogen) atoms. The van der Waals surface area contributed by atoms with Crippen LogP contribution in [0.1, 0.15) is 29.8 Å². The van der Waals surface area contributed by atoms with Crippen LogP contribution in [-0.2, 0) is 6.42 Å². The van der Waals surface area contributed by atoms with Crippen molar-refractivity contribution >= 4 is 18.8 Å². The minimum Gasteiger partial charge on any atom is -0.535 e. The van der Waals surface area contributed by atoms with Crippen LogP contribution in [0, 0.1) is 0 Å². The van der Waals surface area contributed by atoms with Crippen LogP contribution >= 0.6 is 0 Å². The van der Waals surface area contributed by atoms with E-state index in [1.807, 2.05) is 13.8 Å². The molecule has 7 nitrogen and oxygen atoms in total. The van der Waals surface area contributed by atoms with Crippen molar-refractivity contribution in [2.45, 2.75) is 26.6 Å². The van der Waals surface area contributed by atoms with E-state index in [-0.39, 0.29) is 17.0 Å². The molecule has 0 amide bonds. The van der Waals surface area contributed by atoms with E-state index >= 15 is 0 Å². The molecule has 2 rings (SSSR count). The number of carbonyl (C=O) groups is 1. The second-order valence-electron chi connectivity index (χ2n) is 4.11. The third-order valence-corrected chi connectivity index (χ3v) is 2.87. The fourth-order valence-corrected chi connectivity index (χ4v) is 2.02. The van der Waals surface area contributed by atoms with E-state index in [1.165, 1.54) is 12.4 Å². The van der Waals surface area contributed by atoms with Gasteiger partial charge in [0.25, 0.3) is 0 Å². The first-order valence-corrected chi connectivity index (χ1v) is 6.70. The molecule has 6 N–H and O–H groups in total. The summed E-state index contributed by atoms with van der Waals surface area (Å²) in [6.07, 6.45) is 3.50. The van der Waals surface area contributed by atoms with Crippen molar-refractivity contribution in [2.24, 2.45) is 11.6 Å². The van der Waals surface area contributed by atoms with Gasteiger partial charge in [-0.2, -0.15) is 0 Å². The van der Waals surface area contributed by atoms with E-state index in [2.05, 4.69) is 0 Å². The standard InChI is InChI=1S/C11H14BN3O4.C2H6/c13-5-6-15(14)8-2-1-7-3-4-12(18)19-10(7)9(8)11(16)17;1-2/h1-2,5-6,18H,3-4,13-14H2,(H,16,17);1-2H3/b6-5-;. The lowest BCUT2D eigenvalue weighted by Crippen LogP contribution is -2.31. The number of anilines is 1. The number of benzene rings is 1. The molecular formula is C13H20BN3O4. The zero-order chi connectivity index (χ0) is 16.0. The van der Waals surface area contributed by atoms with Crippen LogP contribution < -0.4 is 21.2 Å². The van der Waals surface area contributed by atoms with Crippen molar-refractivity contribution in [3.05, 3.63) is 35.7 Å². The molecule has 1 aliphatic heterocycles. The highest BCUT2D eigenvalue weighted by molar-refractivity contribution is 6.44. The second kappa shape index (κ2) is 7.56. The maximum atomic E-state index is 11.4. The fourth-order valence-electron chi connectivity index (χ4n) is 2.02. The van der Waals surface area contributed by atoms with E-state index in [9.17, 15) is 14.9 Å². The van der Waals surface area contributed by atoms with Gasteiger partial charge in [-0.1, -0.05) is 19.9 Å². The Hall–Kier alpha value is -2.19. The first kappa shape index (κ1) is 16.9. The smallest absolute Gasteiger partial charge is 0.522 e. The van der Waals surface area contributed by atoms with Gasteiger partial charge in [-0.25, -0.2) is 10.6 Å². The predicted molar refractivity (Wildman–Crippen MR) is 81.9 cm³/mol. The number of nitrogens with two attached hydrogens (primary N) is 2. The third-order valence-electron chi connectivity index (χ3n) is 2.87. The minimum absolute atomic E-state index is 0.0862. The van der Waals surface area contributed by atoms with Crippen molar-refractivity contribution in [1.82, 2.24) is 0 Å². The van der Waals surface area contributed by atoms with Crippen molar-refractivity contribution in [1.29, 1.82) is 0 Å². The zero-order valence-corrected chi connectivity index (χ0v) is 12.1. The van der Waals surface area contributed by atoms with Gasteiger partial charge < -0.3 is 20.5 Å². The minimum atomic E-state index is -1.18. The number of carboxylic acid groups (broad SMARTS) is 1. The van der Waals surface area contributed by atoms with Gasteiger partial charge in [0.1, 0.15) is 11.3 Å². The number of hydrogen-bond donors (Lipinski definition) is 4. The van der Waals surface area contributed by atoms with E-state index in [0.717, 1.165) is 10.6 Å². The molecule has 1 aliphatic rings. The molecule has 0 aliphatic carbocycles. The number of hydrogen-bond acceptors (Lipinski definition) is 6. The first-order valence-electron chi connectivity index (χ1n) is 6.70. The van der Waals surface area contributed by atoms with Crippen LogP contribution in [0.15, 0.2) is 24.5 Å². The molecule has 0 spiro atoms. The molecule has 0 fully saturated rings. The van der Waals surface area contributed by atoms with Crippen LogP contribution in [0.25, 0.3) is 0 Å². The third kappa shape index (κ3) is 3.68. The number of carboxylic acids is 1. The summed E-state index contributed by atoms with van der Waals surface area (Å²) in [5, 5.41) is 19.9. The van der Waals surface area contributed by atoms with E-state index in [1.54, 1.807) is 12.1 Å². The number of aromatic carboxylic acids is 1. The van der Waals surface area contributed by atoms with E-state index in [4.69, 9.17) is 16.2 Å². The molecule has 0 atom stereocenters.